The molecule has 2 amide bonds. The molecule has 2 atom stereocenters. The van der Waals surface area contributed by atoms with E-state index in [-0.39, 0.29) is 36.1 Å². The Balaban J connectivity index is 2.61. The number of rotatable bonds is 6. The second-order valence-electron chi connectivity index (χ2n) is 6.45. The summed E-state index contributed by atoms with van der Waals surface area (Å²) in [6.45, 7) is 8.15. The van der Waals surface area contributed by atoms with Crippen molar-refractivity contribution in [2.45, 2.75) is 46.3 Å². The first kappa shape index (κ1) is 16.8. The van der Waals surface area contributed by atoms with Crippen LogP contribution in [0.15, 0.2) is 0 Å². The summed E-state index contributed by atoms with van der Waals surface area (Å²) in [5.41, 5.74) is -0.128. The zero-order chi connectivity index (χ0) is 15.5. The number of ether oxygens (including phenoxy) is 1. The van der Waals surface area contributed by atoms with Gasteiger partial charge in [-0.25, -0.2) is 4.79 Å². The smallest absolute Gasteiger partial charge is 0.323 e. The molecular weight excluding hydrogens is 260 g/mol. The van der Waals surface area contributed by atoms with E-state index in [1.807, 2.05) is 27.7 Å². The standard InChI is InChI=1S/C14H26N2O4/c1-9(2)7-16(8-12(17)18)13(19)15-10-6-11(20-5)14(10,3)4/h9-11H,6-8H2,1-5H3,(H,15,19)(H,17,18). The van der Waals surface area contributed by atoms with Crippen molar-refractivity contribution in [3.8, 4) is 0 Å². The van der Waals surface area contributed by atoms with Gasteiger partial charge in [-0.15, -0.1) is 0 Å². The predicted octanol–water partition coefficient (Wildman–Crippen LogP) is 1.55. The summed E-state index contributed by atoms with van der Waals surface area (Å²) < 4.78 is 5.34. The molecular formula is C14H26N2O4. The molecule has 1 rings (SSSR count). The van der Waals surface area contributed by atoms with Crippen molar-refractivity contribution < 1.29 is 19.4 Å². The van der Waals surface area contributed by atoms with Crippen molar-refractivity contribution in [2.24, 2.45) is 11.3 Å². The fraction of sp³-hybridized carbons (Fsp3) is 0.857. The summed E-state index contributed by atoms with van der Waals surface area (Å²) in [7, 11) is 1.67. The molecule has 0 radical (unpaired) electrons. The highest BCUT2D eigenvalue weighted by Gasteiger charge is 2.49. The minimum absolute atomic E-state index is 0.0170. The third kappa shape index (κ3) is 3.85. The first-order chi connectivity index (χ1) is 9.18. The van der Waals surface area contributed by atoms with Crippen molar-refractivity contribution in [3.63, 3.8) is 0 Å². The molecule has 1 aliphatic rings. The number of hydrogen-bond acceptors (Lipinski definition) is 3. The van der Waals surface area contributed by atoms with E-state index in [4.69, 9.17) is 9.84 Å². The number of amides is 2. The zero-order valence-electron chi connectivity index (χ0n) is 13.0. The van der Waals surface area contributed by atoms with Gasteiger partial charge < -0.3 is 20.1 Å². The monoisotopic (exact) mass is 286 g/mol. The molecule has 6 nitrogen and oxygen atoms in total. The summed E-state index contributed by atoms with van der Waals surface area (Å²) in [5.74, 6) is -0.773. The maximum atomic E-state index is 12.2. The van der Waals surface area contributed by atoms with E-state index in [1.54, 1.807) is 7.11 Å². The van der Waals surface area contributed by atoms with Gasteiger partial charge in [0.05, 0.1) is 6.10 Å². The zero-order valence-corrected chi connectivity index (χ0v) is 13.0. The number of nitrogens with one attached hydrogen (secondary N) is 1. The van der Waals surface area contributed by atoms with Crippen LogP contribution >= 0.6 is 0 Å². The average molecular weight is 286 g/mol. The molecule has 0 aromatic carbocycles. The molecule has 0 spiro atoms. The summed E-state index contributed by atoms with van der Waals surface area (Å²) in [6, 6.07) is -0.294. The van der Waals surface area contributed by atoms with Gasteiger partial charge >= 0.3 is 12.0 Å². The van der Waals surface area contributed by atoms with E-state index in [2.05, 4.69) is 5.32 Å². The minimum atomic E-state index is -0.997. The summed E-state index contributed by atoms with van der Waals surface area (Å²) in [6.07, 6.45) is 0.892. The molecule has 0 aromatic heterocycles. The molecule has 0 heterocycles. The van der Waals surface area contributed by atoms with Crippen LogP contribution in [0, 0.1) is 11.3 Å². The van der Waals surface area contributed by atoms with Gasteiger partial charge in [0.25, 0.3) is 0 Å². The molecule has 0 saturated heterocycles. The number of aliphatic carboxylic acids is 1. The summed E-state index contributed by atoms with van der Waals surface area (Å²) >= 11 is 0. The second kappa shape index (κ2) is 6.43. The number of carboxylic acid groups (broad SMARTS) is 1. The van der Waals surface area contributed by atoms with Crippen LogP contribution in [0.5, 0.6) is 0 Å². The predicted molar refractivity (Wildman–Crippen MR) is 75.6 cm³/mol. The number of carboxylic acids is 1. The Hall–Kier alpha value is -1.30. The normalized spacial score (nSPS) is 24.1. The van der Waals surface area contributed by atoms with Gasteiger partial charge in [0, 0.05) is 25.1 Å². The molecule has 2 unspecified atom stereocenters. The number of carbonyl (C=O) groups excluding carboxylic acids is 1. The summed E-state index contributed by atoms with van der Waals surface area (Å²) in [5, 5.41) is 11.8. The lowest BCUT2D eigenvalue weighted by atomic mass is 9.64. The van der Waals surface area contributed by atoms with Crippen molar-refractivity contribution in [1.29, 1.82) is 0 Å². The van der Waals surface area contributed by atoms with Gasteiger partial charge in [0.1, 0.15) is 6.54 Å². The van der Waals surface area contributed by atoms with Crippen LogP contribution in [0.1, 0.15) is 34.1 Å². The largest absolute Gasteiger partial charge is 0.480 e. The van der Waals surface area contributed by atoms with E-state index < -0.39 is 5.97 Å². The molecule has 0 bridgehead atoms. The molecule has 20 heavy (non-hydrogen) atoms. The quantitative estimate of drug-likeness (QED) is 0.776. The van der Waals surface area contributed by atoms with Crippen LogP contribution in [0.3, 0.4) is 0 Å². The van der Waals surface area contributed by atoms with Crippen molar-refractivity contribution in [1.82, 2.24) is 10.2 Å². The Bertz CT molecular complexity index is 368. The third-order valence-corrected chi connectivity index (χ3v) is 3.96. The first-order valence-electron chi connectivity index (χ1n) is 6.98. The van der Waals surface area contributed by atoms with Crippen LogP contribution in [0.4, 0.5) is 4.79 Å². The Morgan fingerprint density at radius 2 is 2.05 bits per heavy atom. The van der Waals surface area contributed by atoms with Crippen LogP contribution in [0.25, 0.3) is 0 Å². The molecule has 1 fully saturated rings. The lowest BCUT2D eigenvalue weighted by Crippen LogP contribution is -2.63. The highest BCUT2D eigenvalue weighted by atomic mass is 16.5. The van der Waals surface area contributed by atoms with Crippen LogP contribution in [0.2, 0.25) is 0 Å². The SMILES string of the molecule is COC1CC(NC(=O)N(CC(=O)O)CC(C)C)C1(C)C. The van der Waals surface area contributed by atoms with Crippen molar-refractivity contribution in [3.05, 3.63) is 0 Å². The minimum Gasteiger partial charge on any atom is -0.480 e. The highest BCUT2D eigenvalue weighted by Crippen LogP contribution is 2.42. The maximum Gasteiger partial charge on any atom is 0.323 e. The van der Waals surface area contributed by atoms with Gasteiger partial charge in [0.2, 0.25) is 0 Å². The number of methoxy groups -OCH3 is 1. The fourth-order valence-corrected chi connectivity index (χ4v) is 2.59. The lowest BCUT2D eigenvalue weighted by molar-refractivity contribution is -0.137. The Kier molecular flexibility index (Phi) is 5.39. The van der Waals surface area contributed by atoms with Crippen molar-refractivity contribution >= 4 is 12.0 Å². The van der Waals surface area contributed by atoms with Crippen LogP contribution in [-0.2, 0) is 9.53 Å². The number of carbonyl (C=O) groups is 2. The first-order valence-corrected chi connectivity index (χ1v) is 6.98. The average Bonchev–Trinajstić information content (AvgIpc) is 2.31. The molecule has 6 heteroatoms. The van der Waals surface area contributed by atoms with Crippen molar-refractivity contribution in [2.75, 3.05) is 20.2 Å². The van der Waals surface area contributed by atoms with Gasteiger partial charge in [-0.2, -0.15) is 0 Å². The van der Waals surface area contributed by atoms with Gasteiger partial charge in [-0.1, -0.05) is 27.7 Å². The van der Waals surface area contributed by atoms with Gasteiger partial charge in [-0.05, 0) is 12.3 Å². The molecule has 0 aromatic rings. The lowest BCUT2D eigenvalue weighted by Gasteiger charge is -2.51. The van der Waals surface area contributed by atoms with Gasteiger partial charge in [0.15, 0.2) is 0 Å². The Morgan fingerprint density at radius 1 is 1.45 bits per heavy atom. The second-order valence-corrected chi connectivity index (χ2v) is 6.45. The van der Waals surface area contributed by atoms with E-state index in [0.717, 1.165) is 6.42 Å². The van der Waals surface area contributed by atoms with E-state index in [9.17, 15) is 9.59 Å². The topological polar surface area (TPSA) is 78.9 Å². The molecule has 1 aliphatic carbocycles. The van der Waals surface area contributed by atoms with E-state index >= 15 is 0 Å². The number of urea groups is 1. The van der Waals surface area contributed by atoms with E-state index in [0.29, 0.717) is 6.54 Å². The Labute approximate surface area is 120 Å². The highest BCUT2D eigenvalue weighted by molar-refractivity contribution is 5.80. The Morgan fingerprint density at radius 3 is 2.45 bits per heavy atom. The molecule has 2 N–H and O–H groups in total. The van der Waals surface area contributed by atoms with E-state index in [1.165, 1.54) is 4.90 Å². The van der Waals surface area contributed by atoms with Crippen LogP contribution < -0.4 is 5.32 Å². The third-order valence-electron chi connectivity index (χ3n) is 3.96. The molecule has 1 saturated carbocycles. The van der Waals surface area contributed by atoms with Crippen LogP contribution in [-0.4, -0.2) is 54.4 Å². The number of hydrogen-bond donors (Lipinski definition) is 2. The number of nitrogens with zero attached hydrogens (tertiary/aromatic N) is 1. The molecule has 116 valence electrons. The van der Waals surface area contributed by atoms with Gasteiger partial charge in [-0.3, -0.25) is 4.79 Å². The summed E-state index contributed by atoms with van der Waals surface area (Å²) in [4.78, 5) is 24.4. The fourth-order valence-electron chi connectivity index (χ4n) is 2.59. The maximum absolute atomic E-state index is 12.2. The molecule has 0 aliphatic heterocycles.